The molecule has 0 spiro atoms. The Balaban J connectivity index is 1.83. The van der Waals surface area contributed by atoms with Gasteiger partial charge in [-0.05, 0) is 37.1 Å². The zero-order valence-corrected chi connectivity index (χ0v) is 13.4. The molecule has 1 fully saturated rings. The lowest BCUT2D eigenvalue weighted by Gasteiger charge is -2.16. The number of aromatic nitrogens is 2. The first-order chi connectivity index (χ1) is 10.3. The van der Waals surface area contributed by atoms with Gasteiger partial charge in [-0.15, -0.1) is 0 Å². The molecule has 1 aromatic heterocycles. The van der Waals surface area contributed by atoms with Crippen LogP contribution in [0.2, 0.25) is 0 Å². The third-order valence-electron chi connectivity index (χ3n) is 3.95. The van der Waals surface area contributed by atoms with Crippen molar-refractivity contribution in [1.82, 2.24) is 9.97 Å². The number of fused-ring (bicyclic) bond motifs is 1. The average Bonchev–Trinajstić information content (AvgIpc) is 2.94. The summed E-state index contributed by atoms with van der Waals surface area (Å²) in [5.41, 5.74) is 0.983. The van der Waals surface area contributed by atoms with Gasteiger partial charge >= 0.3 is 0 Å². The summed E-state index contributed by atoms with van der Waals surface area (Å²) in [4.78, 5) is 9.12. The fourth-order valence-corrected chi connectivity index (χ4v) is 4.09. The lowest BCUT2D eigenvalue weighted by Crippen LogP contribution is -2.18. The normalized spacial score (nSPS) is 21.6. The molecule has 5 heteroatoms. The van der Waals surface area contributed by atoms with Gasteiger partial charge in [0, 0.05) is 23.7 Å². The quantitative estimate of drug-likeness (QED) is 0.881. The van der Waals surface area contributed by atoms with E-state index in [2.05, 4.69) is 45.4 Å². The van der Waals surface area contributed by atoms with Gasteiger partial charge in [-0.3, -0.25) is 0 Å². The number of rotatable bonds is 5. The second-order valence-electron chi connectivity index (χ2n) is 5.39. The molecule has 21 heavy (non-hydrogen) atoms. The van der Waals surface area contributed by atoms with Crippen LogP contribution < -0.4 is 10.6 Å². The lowest BCUT2D eigenvalue weighted by atomic mass is 10.2. The van der Waals surface area contributed by atoms with Crippen molar-refractivity contribution in [2.75, 3.05) is 23.4 Å². The topological polar surface area (TPSA) is 49.8 Å². The summed E-state index contributed by atoms with van der Waals surface area (Å²) >= 11 is 2.08. The second-order valence-corrected chi connectivity index (χ2v) is 6.97. The molecule has 0 radical (unpaired) electrons. The molecule has 1 aliphatic carbocycles. The first kappa shape index (κ1) is 14.4. The molecule has 2 aromatic rings. The molecule has 1 saturated carbocycles. The molecule has 1 aliphatic rings. The zero-order chi connectivity index (χ0) is 14.7. The predicted molar refractivity (Wildman–Crippen MR) is 92.3 cm³/mol. The van der Waals surface area contributed by atoms with E-state index < -0.39 is 0 Å². The highest BCUT2D eigenvalue weighted by Crippen LogP contribution is 2.32. The molecule has 1 aromatic carbocycles. The van der Waals surface area contributed by atoms with Crippen LogP contribution in [0, 0.1) is 0 Å². The Labute approximate surface area is 130 Å². The van der Waals surface area contributed by atoms with Crippen LogP contribution in [0.3, 0.4) is 0 Å². The molecule has 2 N–H and O–H groups in total. The first-order valence-corrected chi connectivity index (χ1v) is 8.67. The van der Waals surface area contributed by atoms with Crippen LogP contribution in [0.4, 0.5) is 11.8 Å². The number of hydrogen-bond donors (Lipinski definition) is 2. The van der Waals surface area contributed by atoms with E-state index in [1.54, 1.807) is 0 Å². The van der Waals surface area contributed by atoms with Gasteiger partial charge in [-0.25, -0.2) is 4.98 Å². The molecule has 3 rings (SSSR count). The monoisotopic (exact) mass is 302 g/mol. The Bertz CT molecular complexity index is 616. The number of nitrogens with zero attached hydrogens (tertiary/aromatic N) is 2. The van der Waals surface area contributed by atoms with Crippen molar-refractivity contribution in [2.45, 2.75) is 37.5 Å². The summed E-state index contributed by atoms with van der Waals surface area (Å²) in [5.74, 6) is 2.84. The van der Waals surface area contributed by atoms with E-state index in [1.807, 2.05) is 25.2 Å². The van der Waals surface area contributed by atoms with E-state index in [0.29, 0.717) is 12.0 Å². The number of hydrogen-bond acceptors (Lipinski definition) is 5. The summed E-state index contributed by atoms with van der Waals surface area (Å²) in [6.45, 7) is 2.24. The van der Waals surface area contributed by atoms with Crippen LogP contribution >= 0.6 is 11.8 Å². The van der Waals surface area contributed by atoms with Gasteiger partial charge in [-0.2, -0.15) is 16.7 Å². The Hall–Kier alpha value is -1.49. The maximum Gasteiger partial charge on any atom is 0.224 e. The van der Waals surface area contributed by atoms with E-state index in [-0.39, 0.29) is 0 Å². The summed E-state index contributed by atoms with van der Waals surface area (Å²) in [5, 5.41) is 8.59. The van der Waals surface area contributed by atoms with Crippen LogP contribution in [0.5, 0.6) is 0 Å². The van der Waals surface area contributed by atoms with Gasteiger partial charge in [0.25, 0.3) is 0 Å². The molecule has 2 atom stereocenters. The van der Waals surface area contributed by atoms with E-state index in [0.717, 1.165) is 22.0 Å². The van der Waals surface area contributed by atoms with E-state index in [9.17, 15) is 0 Å². The first-order valence-electron chi connectivity index (χ1n) is 7.62. The summed E-state index contributed by atoms with van der Waals surface area (Å²) in [6.07, 6.45) is 3.76. The van der Waals surface area contributed by atoms with Crippen molar-refractivity contribution < 1.29 is 0 Å². The van der Waals surface area contributed by atoms with Crippen molar-refractivity contribution in [3.8, 4) is 0 Å². The van der Waals surface area contributed by atoms with Crippen molar-refractivity contribution in [3.05, 3.63) is 24.3 Å². The van der Waals surface area contributed by atoms with Crippen molar-refractivity contribution in [1.29, 1.82) is 0 Å². The highest BCUT2D eigenvalue weighted by molar-refractivity contribution is 7.99. The fraction of sp³-hybridized carbons (Fsp3) is 0.500. The Morgan fingerprint density at radius 1 is 1.24 bits per heavy atom. The summed E-state index contributed by atoms with van der Waals surface area (Å²) < 4.78 is 0. The van der Waals surface area contributed by atoms with Crippen molar-refractivity contribution in [3.63, 3.8) is 0 Å². The van der Waals surface area contributed by atoms with Crippen LogP contribution in [0.1, 0.15) is 26.2 Å². The number of nitrogens with one attached hydrogen (secondary N) is 2. The molecule has 0 aliphatic heterocycles. The van der Waals surface area contributed by atoms with Gasteiger partial charge < -0.3 is 10.6 Å². The van der Waals surface area contributed by atoms with Crippen LogP contribution in [0.25, 0.3) is 10.9 Å². The maximum absolute atomic E-state index is 4.61. The standard InChI is InChI=1S/C16H22N4S/c1-3-21-12-9-8-11(10-12)18-15-13-6-4-5-7-14(13)19-16(17-2)20-15/h4-7,11-12H,3,8-10H2,1-2H3,(H2,17,18,19,20). The SMILES string of the molecule is CCSC1CCC(Nc2nc(NC)nc3ccccc23)C1. The maximum atomic E-state index is 4.61. The lowest BCUT2D eigenvalue weighted by molar-refractivity contribution is 0.753. The number of anilines is 2. The van der Waals surface area contributed by atoms with Crippen LogP contribution in [0.15, 0.2) is 24.3 Å². The van der Waals surface area contributed by atoms with Gasteiger partial charge in [0.05, 0.1) is 5.52 Å². The molecule has 0 amide bonds. The number of benzene rings is 1. The highest BCUT2D eigenvalue weighted by Gasteiger charge is 2.25. The molecule has 2 unspecified atom stereocenters. The average molecular weight is 302 g/mol. The molecular weight excluding hydrogens is 280 g/mol. The molecule has 0 bridgehead atoms. The highest BCUT2D eigenvalue weighted by atomic mass is 32.2. The number of para-hydroxylation sites is 1. The van der Waals surface area contributed by atoms with Gasteiger partial charge in [0.1, 0.15) is 5.82 Å². The van der Waals surface area contributed by atoms with Gasteiger partial charge in [-0.1, -0.05) is 19.1 Å². The van der Waals surface area contributed by atoms with E-state index in [4.69, 9.17) is 0 Å². The Morgan fingerprint density at radius 2 is 2.10 bits per heavy atom. The largest absolute Gasteiger partial charge is 0.367 e. The van der Waals surface area contributed by atoms with E-state index in [1.165, 1.54) is 25.0 Å². The molecular formula is C16H22N4S. The smallest absolute Gasteiger partial charge is 0.224 e. The summed E-state index contributed by atoms with van der Waals surface area (Å²) in [6, 6.07) is 8.71. The van der Waals surface area contributed by atoms with Crippen molar-refractivity contribution >= 4 is 34.4 Å². The Morgan fingerprint density at radius 3 is 2.90 bits per heavy atom. The third-order valence-corrected chi connectivity index (χ3v) is 5.19. The van der Waals surface area contributed by atoms with E-state index >= 15 is 0 Å². The molecule has 0 saturated heterocycles. The van der Waals surface area contributed by atoms with Crippen LogP contribution in [-0.4, -0.2) is 34.1 Å². The second kappa shape index (κ2) is 6.52. The minimum Gasteiger partial charge on any atom is -0.367 e. The molecule has 1 heterocycles. The van der Waals surface area contributed by atoms with Gasteiger partial charge in [0.15, 0.2) is 0 Å². The zero-order valence-electron chi connectivity index (χ0n) is 12.6. The summed E-state index contributed by atoms with van der Waals surface area (Å²) in [7, 11) is 1.86. The third kappa shape index (κ3) is 3.23. The predicted octanol–water partition coefficient (Wildman–Crippen LogP) is 3.76. The van der Waals surface area contributed by atoms with Gasteiger partial charge in [0.2, 0.25) is 5.95 Å². The van der Waals surface area contributed by atoms with Crippen LogP contribution in [-0.2, 0) is 0 Å². The number of thioether (sulfide) groups is 1. The minimum atomic E-state index is 0.525. The molecule has 112 valence electrons. The van der Waals surface area contributed by atoms with Crippen molar-refractivity contribution in [2.24, 2.45) is 0 Å². The molecule has 4 nitrogen and oxygen atoms in total. The minimum absolute atomic E-state index is 0.525. The Kier molecular flexibility index (Phi) is 4.48. The fourth-order valence-electron chi connectivity index (χ4n) is 2.95.